The van der Waals surface area contributed by atoms with Crippen LogP contribution in [0, 0.1) is 6.92 Å². The van der Waals surface area contributed by atoms with Gasteiger partial charge in [-0.2, -0.15) is 5.10 Å². The van der Waals surface area contributed by atoms with E-state index in [2.05, 4.69) is 5.10 Å². The van der Waals surface area contributed by atoms with Gasteiger partial charge in [0.2, 0.25) is 0 Å². The van der Waals surface area contributed by atoms with Crippen molar-refractivity contribution in [2.75, 3.05) is 13.1 Å². The zero-order chi connectivity index (χ0) is 19.0. The largest absolute Gasteiger partial charge is 0.345 e. The number of rotatable bonds is 3. The highest BCUT2D eigenvalue weighted by Crippen LogP contribution is 2.33. The lowest BCUT2D eigenvalue weighted by Gasteiger charge is -2.32. The van der Waals surface area contributed by atoms with Gasteiger partial charge in [0.15, 0.2) is 0 Å². The van der Waals surface area contributed by atoms with E-state index < -0.39 is 0 Å². The maximum absolute atomic E-state index is 12.7. The van der Waals surface area contributed by atoms with Crippen molar-refractivity contribution in [1.29, 1.82) is 0 Å². The van der Waals surface area contributed by atoms with Crippen molar-refractivity contribution in [2.24, 2.45) is 7.05 Å². The second kappa shape index (κ2) is 7.33. The fraction of sp³-hybridized carbons (Fsp3) is 0.571. The number of nitrogens with zero attached hydrogens (tertiary/aromatic N) is 4. The first-order chi connectivity index (χ1) is 13.0. The number of hydrogen-bond donors (Lipinski definition) is 0. The van der Waals surface area contributed by atoms with E-state index in [0.717, 1.165) is 42.6 Å². The van der Waals surface area contributed by atoms with Crippen LogP contribution in [0.5, 0.6) is 0 Å². The summed E-state index contributed by atoms with van der Waals surface area (Å²) in [4.78, 5) is 27.3. The van der Waals surface area contributed by atoms with Gasteiger partial charge in [0, 0.05) is 37.7 Å². The van der Waals surface area contributed by atoms with Crippen LogP contribution in [0.4, 0.5) is 0 Å². The van der Waals surface area contributed by atoms with Gasteiger partial charge in [0.25, 0.3) is 5.91 Å². The van der Waals surface area contributed by atoms with Gasteiger partial charge in [-0.3, -0.25) is 9.36 Å². The summed E-state index contributed by atoms with van der Waals surface area (Å²) < 4.78 is 3.44. The quantitative estimate of drug-likeness (QED) is 0.837. The summed E-state index contributed by atoms with van der Waals surface area (Å²) in [6.07, 6.45) is 6.25. The predicted octanol–water partition coefficient (Wildman–Crippen LogP) is 3.03. The van der Waals surface area contributed by atoms with E-state index in [0.29, 0.717) is 19.1 Å². The topological polar surface area (TPSA) is 60.1 Å². The van der Waals surface area contributed by atoms with Gasteiger partial charge in [-0.05, 0) is 44.7 Å². The molecular weight excluding hydrogens is 340 g/mol. The summed E-state index contributed by atoms with van der Waals surface area (Å²) >= 11 is 0. The average Bonchev–Trinajstić information content (AvgIpc) is 3.30. The number of aryl methyl sites for hydroxylation is 2. The maximum Gasteiger partial charge on any atom is 0.345 e. The Labute approximate surface area is 159 Å². The Kier molecular flexibility index (Phi) is 4.89. The summed E-state index contributed by atoms with van der Waals surface area (Å²) in [6, 6.07) is 8.07. The smallest absolute Gasteiger partial charge is 0.339 e. The molecule has 2 fully saturated rings. The lowest BCUT2D eigenvalue weighted by atomic mass is 9.95. The lowest BCUT2D eigenvalue weighted by Crippen LogP contribution is -2.38. The molecule has 2 heterocycles. The molecular formula is C21H28N4O2. The van der Waals surface area contributed by atoms with Gasteiger partial charge in [0.1, 0.15) is 5.82 Å². The molecule has 1 amide bonds. The van der Waals surface area contributed by atoms with E-state index in [1.807, 2.05) is 40.7 Å². The zero-order valence-corrected chi connectivity index (χ0v) is 16.2. The van der Waals surface area contributed by atoms with Gasteiger partial charge in [-0.15, -0.1) is 0 Å². The molecule has 0 unspecified atom stereocenters. The minimum absolute atomic E-state index is 0.00932. The van der Waals surface area contributed by atoms with Crippen LogP contribution in [0.3, 0.4) is 0 Å². The Morgan fingerprint density at radius 2 is 1.67 bits per heavy atom. The summed E-state index contributed by atoms with van der Waals surface area (Å²) in [7, 11) is 1.74. The van der Waals surface area contributed by atoms with Crippen molar-refractivity contribution in [3.8, 4) is 0 Å². The van der Waals surface area contributed by atoms with Gasteiger partial charge in [-0.1, -0.05) is 30.5 Å². The fourth-order valence-electron chi connectivity index (χ4n) is 4.50. The highest BCUT2D eigenvalue weighted by atomic mass is 16.2. The van der Waals surface area contributed by atoms with E-state index in [-0.39, 0.29) is 17.5 Å². The minimum Gasteiger partial charge on any atom is -0.339 e. The highest BCUT2D eigenvalue weighted by Gasteiger charge is 2.31. The van der Waals surface area contributed by atoms with Crippen LogP contribution in [0.15, 0.2) is 29.1 Å². The molecule has 4 rings (SSSR count). The van der Waals surface area contributed by atoms with Gasteiger partial charge >= 0.3 is 5.69 Å². The molecule has 0 bridgehead atoms. The molecule has 1 aliphatic carbocycles. The molecule has 1 saturated carbocycles. The molecule has 0 spiro atoms. The number of piperidine rings is 1. The van der Waals surface area contributed by atoms with Crippen LogP contribution < -0.4 is 5.69 Å². The lowest BCUT2D eigenvalue weighted by molar-refractivity contribution is 0.0709. The first-order valence-electron chi connectivity index (χ1n) is 10.1. The summed E-state index contributed by atoms with van der Waals surface area (Å²) in [6.45, 7) is 3.45. The number of carbonyl (C=O) groups excluding carboxylic acids is 1. The van der Waals surface area contributed by atoms with E-state index in [9.17, 15) is 9.59 Å². The van der Waals surface area contributed by atoms with E-state index >= 15 is 0 Å². The zero-order valence-electron chi connectivity index (χ0n) is 16.2. The predicted molar refractivity (Wildman–Crippen MR) is 104 cm³/mol. The van der Waals surface area contributed by atoms with Crippen LogP contribution >= 0.6 is 0 Å². The monoisotopic (exact) mass is 368 g/mol. The molecule has 1 aliphatic heterocycles. The molecule has 0 radical (unpaired) electrons. The second-order valence-corrected chi connectivity index (χ2v) is 8.01. The minimum atomic E-state index is 0.00932. The Balaban J connectivity index is 1.48. The average molecular weight is 368 g/mol. The van der Waals surface area contributed by atoms with E-state index in [1.165, 1.54) is 17.5 Å². The van der Waals surface area contributed by atoms with E-state index in [1.54, 1.807) is 7.05 Å². The molecule has 6 heteroatoms. The third-order valence-corrected chi connectivity index (χ3v) is 6.12. The fourth-order valence-corrected chi connectivity index (χ4v) is 4.50. The third-order valence-electron chi connectivity index (χ3n) is 6.12. The van der Waals surface area contributed by atoms with Crippen LogP contribution in [-0.4, -0.2) is 38.2 Å². The molecule has 1 saturated heterocycles. The van der Waals surface area contributed by atoms with Crippen LogP contribution in [0.2, 0.25) is 0 Å². The molecule has 27 heavy (non-hydrogen) atoms. The van der Waals surface area contributed by atoms with Crippen LogP contribution in [0.1, 0.15) is 72.2 Å². The molecule has 1 aromatic heterocycles. The van der Waals surface area contributed by atoms with E-state index in [4.69, 9.17) is 0 Å². The molecule has 2 aromatic rings. The van der Waals surface area contributed by atoms with Crippen LogP contribution in [0.25, 0.3) is 0 Å². The number of amides is 1. The molecule has 6 nitrogen and oxygen atoms in total. The SMILES string of the molecule is Cc1ccc(C(=O)N2CCC(c3nn(C)c(=O)n3C3CCCC3)CC2)cc1. The Bertz CT molecular complexity index is 867. The first-order valence-corrected chi connectivity index (χ1v) is 10.1. The number of hydrogen-bond acceptors (Lipinski definition) is 3. The Morgan fingerprint density at radius 3 is 2.30 bits per heavy atom. The molecule has 0 atom stereocenters. The van der Waals surface area contributed by atoms with Gasteiger partial charge in [-0.25, -0.2) is 9.48 Å². The van der Waals surface area contributed by atoms with Gasteiger partial charge < -0.3 is 4.90 Å². The Hall–Kier alpha value is -2.37. The highest BCUT2D eigenvalue weighted by molar-refractivity contribution is 5.94. The molecule has 0 N–H and O–H groups in total. The normalized spacial score (nSPS) is 19.0. The summed E-state index contributed by atoms with van der Waals surface area (Å²) in [5, 5.41) is 4.58. The third kappa shape index (κ3) is 3.45. The molecule has 2 aliphatic rings. The number of aromatic nitrogens is 3. The van der Waals surface area contributed by atoms with Crippen LogP contribution in [-0.2, 0) is 7.05 Å². The first kappa shape index (κ1) is 18.0. The van der Waals surface area contributed by atoms with Crippen molar-refractivity contribution < 1.29 is 4.79 Å². The molecule has 1 aromatic carbocycles. The van der Waals surface area contributed by atoms with Crippen molar-refractivity contribution in [3.05, 3.63) is 51.7 Å². The van der Waals surface area contributed by atoms with Crippen molar-refractivity contribution in [3.63, 3.8) is 0 Å². The Morgan fingerprint density at radius 1 is 1.04 bits per heavy atom. The maximum atomic E-state index is 12.7. The second-order valence-electron chi connectivity index (χ2n) is 8.01. The summed E-state index contributed by atoms with van der Waals surface area (Å²) in [5.74, 6) is 1.28. The van der Waals surface area contributed by atoms with Crippen molar-refractivity contribution in [1.82, 2.24) is 19.2 Å². The summed E-state index contributed by atoms with van der Waals surface area (Å²) in [5.41, 5.74) is 1.92. The van der Waals surface area contributed by atoms with Gasteiger partial charge in [0.05, 0.1) is 0 Å². The van der Waals surface area contributed by atoms with Crippen molar-refractivity contribution in [2.45, 2.75) is 57.4 Å². The standard InChI is InChI=1S/C21H28N4O2/c1-15-7-9-17(10-8-15)20(26)24-13-11-16(12-14-24)19-22-23(2)21(27)25(19)18-5-3-4-6-18/h7-10,16,18H,3-6,11-14H2,1-2H3. The van der Waals surface area contributed by atoms with Crippen molar-refractivity contribution >= 4 is 5.91 Å². The number of likely N-dealkylation sites (tertiary alicyclic amines) is 1. The number of benzene rings is 1. The number of carbonyl (C=O) groups is 1. The molecule has 144 valence electrons.